The fourth-order valence-corrected chi connectivity index (χ4v) is 3.29. The molecule has 4 heteroatoms. The maximum atomic E-state index is 12.5. The Bertz CT molecular complexity index is 354. The Balaban J connectivity index is 2.54. The van der Waals surface area contributed by atoms with E-state index in [-0.39, 0.29) is 0 Å². The molecular formula is C13H24N2OS. The Morgan fingerprint density at radius 2 is 2.06 bits per heavy atom. The van der Waals surface area contributed by atoms with Crippen molar-refractivity contribution in [1.29, 1.82) is 0 Å². The standard InChI is InChI=1S/C13H24N2OS/c1-4-5-6-7-12(2)17(3,16)15-13-8-10-14-11-9-13/h4-7,13-14,17H,2,8-11H2,1,3H3,(H,15,16)/b5-4-,7-6-. The highest BCUT2D eigenvalue weighted by atomic mass is 32.3. The van der Waals surface area contributed by atoms with Crippen LogP contribution in [0.15, 0.2) is 35.8 Å². The lowest BCUT2D eigenvalue weighted by Crippen LogP contribution is -2.45. The van der Waals surface area contributed by atoms with E-state index in [0.29, 0.717) is 10.9 Å². The van der Waals surface area contributed by atoms with Gasteiger partial charge in [0.1, 0.15) is 0 Å². The number of hydrogen-bond donors (Lipinski definition) is 3. The third kappa shape index (κ3) is 4.98. The summed E-state index contributed by atoms with van der Waals surface area (Å²) in [6.07, 6.45) is 11.4. The lowest BCUT2D eigenvalue weighted by Gasteiger charge is -2.30. The smallest absolute Gasteiger partial charge is 0.0203 e. The molecule has 0 spiro atoms. The summed E-state index contributed by atoms with van der Waals surface area (Å²) in [5.74, 6) is 0. The first kappa shape index (κ1) is 14.4. The van der Waals surface area contributed by atoms with Gasteiger partial charge in [-0.05, 0) is 49.0 Å². The Kier molecular flexibility index (Phi) is 5.82. The predicted octanol–water partition coefficient (Wildman–Crippen LogP) is 1.54. The Morgan fingerprint density at radius 3 is 2.65 bits per heavy atom. The number of hydrogen-bond acceptors (Lipinski definition) is 2. The molecule has 0 aromatic heterocycles. The van der Waals surface area contributed by atoms with Gasteiger partial charge in [-0.2, -0.15) is 0 Å². The summed E-state index contributed by atoms with van der Waals surface area (Å²) in [4.78, 5) is 0.689. The summed E-state index contributed by atoms with van der Waals surface area (Å²) >= 11 is 0. The van der Waals surface area contributed by atoms with Crippen molar-refractivity contribution in [3.8, 4) is 0 Å². The first-order valence-corrected chi connectivity index (χ1v) is 8.26. The molecule has 98 valence electrons. The van der Waals surface area contributed by atoms with Crippen molar-refractivity contribution in [3.63, 3.8) is 0 Å². The van der Waals surface area contributed by atoms with Gasteiger partial charge >= 0.3 is 0 Å². The normalized spacial score (nSPS) is 20.1. The fourth-order valence-electron chi connectivity index (χ4n) is 1.80. The van der Waals surface area contributed by atoms with Crippen LogP contribution in [0, 0.1) is 0 Å². The van der Waals surface area contributed by atoms with Gasteiger partial charge in [-0.15, -0.1) is 0 Å². The fraction of sp³-hybridized carbons (Fsp3) is 0.538. The highest BCUT2D eigenvalue weighted by Crippen LogP contribution is 2.14. The minimum atomic E-state index is -2.49. The molecule has 0 atom stereocenters. The van der Waals surface area contributed by atoms with Crippen LogP contribution < -0.4 is 10.0 Å². The molecule has 1 aliphatic rings. The van der Waals surface area contributed by atoms with E-state index in [1.165, 1.54) is 0 Å². The SMILES string of the molecule is C=C(/C=C\C=C/C)[SH](C)(=O)NC1CCNCC1. The van der Waals surface area contributed by atoms with Gasteiger partial charge in [-0.3, -0.25) is 8.93 Å². The third-order valence-corrected chi connectivity index (χ3v) is 5.01. The molecule has 1 aliphatic heterocycles. The molecule has 1 rings (SSSR count). The molecule has 17 heavy (non-hydrogen) atoms. The molecule has 0 bridgehead atoms. The van der Waals surface area contributed by atoms with E-state index >= 15 is 0 Å². The van der Waals surface area contributed by atoms with E-state index in [0.717, 1.165) is 25.9 Å². The van der Waals surface area contributed by atoms with E-state index in [4.69, 9.17) is 0 Å². The van der Waals surface area contributed by atoms with Crippen LogP contribution in [0.1, 0.15) is 19.8 Å². The van der Waals surface area contributed by atoms with Crippen LogP contribution in [-0.4, -0.2) is 29.6 Å². The number of allylic oxidation sites excluding steroid dienone is 4. The summed E-state index contributed by atoms with van der Waals surface area (Å²) in [5, 5.41) is 3.30. The van der Waals surface area contributed by atoms with Gasteiger partial charge in [0, 0.05) is 17.2 Å². The van der Waals surface area contributed by atoms with Gasteiger partial charge < -0.3 is 5.32 Å². The van der Waals surface area contributed by atoms with Crippen LogP contribution in [0.25, 0.3) is 0 Å². The van der Waals surface area contributed by atoms with E-state index in [1.807, 2.05) is 31.2 Å². The molecule has 0 aromatic carbocycles. The number of rotatable bonds is 5. The Morgan fingerprint density at radius 1 is 1.41 bits per heavy atom. The average molecular weight is 256 g/mol. The van der Waals surface area contributed by atoms with Crippen LogP contribution >= 0.6 is 0 Å². The molecule has 0 aliphatic carbocycles. The van der Waals surface area contributed by atoms with Crippen molar-refractivity contribution in [1.82, 2.24) is 10.0 Å². The maximum Gasteiger partial charge on any atom is 0.0203 e. The van der Waals surface area contributed by atoms with Crippen molar-refractivity contribution in [2.75, 3.05) is 19.3 Å². The topological polar surface area (TPSA) is 41.1 Å². The largest absolute Gasteiger partial charge is 0.317 e. The van der Waals surface area contributed by atoms with Crippen LogP contribution in [-0.2, 0) is 10.1 Å². The highest BCUT2D eigenvalue weighted by molar-refractivity contribution is 8.04. The van der Waals surface area contributed by atoms with E-state index in [9.17, 15) is 4.21 Å². The monoisotopic (exact) mass is 256 g/mol. The second kappa shape index (κ2) is 6.89. The zero-order chi connectivity index (χ0) is 12.7. The number of thiol groups is 1. The molecule has 1 saturated heterocycles. The average Bonchev–Trinajstić information content (AvgIpc) is 2.30. The highest BCUT2D eigenvalue weighted by Gasteiger charge is 2.19. The van der Waals surface area contributed by atoms with Crippen molar-refractivity contribution in [2.24, 2.45) is 0 Å². The van der Waals surface area contributed by atoms with Gasteiger partial charge in [0.25, 0.3) is 0 Å². The quantitative estimate of drug-likeness (QED) is 0.516. The summed E-state index contributed by atoms with van der Waals surface area (Å²) in [7, 11) is -2.49. The van der Waals surface area contributed by atoms with Crippen LogP contribution in [0.4, 0.5) is 0 Å². The third-order valence-electron chi connectivity index (χ3n) is 2.91. The zero-order valence-electron chi connectivity index (χ0n) is 10.8. The first-order chi connectivity index (χ1) is 8.06. The van der Waals surface area contributed by atoms with Gasteiger partial charge in [0.2, 0.25) is 0 Å². The molecule has 0 unspecified atom stereocenters. The molecule has 3 nitrogen and oxygen atoms in total. The van der Waals surface area contributed by atoms with Gasteiger partial charge in [-0.1, -0.05) is 24.8 Å². The van der Waals surface area contributed by atoms with Crippen LogP contribution in [0.3, 0.4) is 0 Å². The molecule has 0 amide bonds. The molecule has 0 radical (unpaired) electrons. The lowest BCUT2D eigenvalue weighted by atomic mass is 10.1. The Labute approximate surface area is 106 Å². The maximum absolute atomic E-state index is 12.5. The molecule has 0 aromatic rings. The summed E-state index contributed by atoms with van der Waals surface area (Å²) in [6, 6.07) is 0.346. The van der Waals surface area contributed by atoms with Crippen molar-refractivity contribution < 1.29 is 4.21 Å². The predicted molar refractivity (Wildman–Crippen MR) is 77.6 cm³/mol. The summed E-state index contributed by atoms with van der Waals surface area (Å²) < 4.78 is 15.7. The zero-order valence-corrected chi connectivity index (χ0v) is 11.7. The van der Waals surface area contributed by atoms with Crippen molar-refractivity contribution >= 4 is 10.1 Å². The van der Waals surface area contributed by atoms with Gasteiger partial charge in [-0.25, -0.2) is 0 Å². The van der Waals surface area contributed by atoms with E-state index in [2.05, 4.69) is 16.6 Å². The second-order valence-corrected chi connectivity index (χ2v) is 7.13. The van der Waals surface area contributed by atoms with E-state index < -0.39 is 10.1 Å². The van der Waals surface area contributed by atoms with Crippen molar-refractivity contribution in [3.05, 3.63) is 35.8 Å². The lowest BCUT2D eigenvalue weighted by molar-refractivity contribution is 0.434. The summed E-state index contributed by atoms with van der Waals surface area (Å²) in [5.41, 5.74) is 0. The first-order valence-electron chi connectivity index (χ1n) is 6.11. The van der Waals surface area contributed by atoms with Crippen LogP contribution in [0.5, 0.6) is 0 Å². The second-order valence-electron chi connectivity index (χ2n) is 4.45. The minimum absolute atomic E-state index is 0.346. The molecule has 1 fully saturated rings. The van der Waals surface area contributed by atoms with Gasteiger partial charge in [0.15, 0.2) is 0 Å². The van der Waals surface area contributed by atoms with E-state index in [1.54, 1.807) is 6.26 Å². The van der Waals surface area contributed by atoms with Crippen molar-refractivity contribution in [2.45, 2.75) is 25.8 Å². The number of piperidine rings is 1. The molecule has 1 heterocycles. The molecule has 0 saturated carbocycles. The minimum Gasteiger partial charge on any atom is -0.317 e. The summed E-state index contributed by atoms with van der Waals surface area (Å²) in [6.45, 7) is 7.85. The Hall–Kier alpha value is -0.710. The van der Waals surface area contributed by atoms with Gasteiger partial charge in [0.05, 0.1) is 0 Å². The molecule has 2 N–H and O–H groups in total. The number of nitrogens with one attached hydrogen (secondary N) is 2. The molecular weight excluding hydrogens is 232 g/mol. The van der Waals surface area contributed by atoms with Crippen LogP contribution in [0.2, 0.25) is 0 Å².